The van der Waals surface area contributed by atoms with E-state index in [-0.39, 0.29) is 0 Å². The van der Waals surface area contributed by atoms with Crippen LogP contribution in [0, 0.1) is 0 Å². The summed E-state index contributed by atoms with van der Waals surface area (Å²) in [6, 6.07) is 80.8. The van der Waals surface area contributed by atoms with Gasteiger partial charge in [-0.3, -0.25) is 0 Å². The highest BCUT2D eigenvalue weighted by molar-refractivity contribution is 6.12. The van der Waals surface area contributed by atoms with Gasteiger partial charge in [-0.25, -0.2) is 15.0 Å². The van der Waals surface area contributed by atoms with Gasteiger partial charge in [-0.05, 0) is 119 Å². The molecule has 0 unspecified atom stereocenters. The Morgan fingerprint density at radius 2 is 0.638 bits per heavy atom. The van der Waals surface area contributed by atoms with Crippen molar-refractivity contribution in [2.45, 2.75) is 0 Å². The van der Waals surface area contributed by atoms with Crippen LogP contribution in [-0.2, 0) is 0 Å². The number of para-hydroxylation sites is 2. The van der Waals surface area contributed by atoms with E-state index in [1.54, 1.807) is 0 Å². The second-order valence-electron chi connectivity index (χ2n) is 17.6. The van der Waals surface area contributed by atoms with Crippen LogP contribution in [-0.4, -0.2) is 19.5 Å². The molecular formula is C63H38N4O2. The number of rotatable bonds is 7. The average Bonchev–Trinajstić information content (AvgIpc) is 4.10. The lowest BCUT2D eigenvalue weighted by Crippen LogP contribution is -2.02. The van der Waals surface area contributed by atoms with E-state index in [4.69, 9.17) is 23.8 Å². The van der Waals surface area contributed by atoms with Crippen LogP contribution in [0.3, 0.4) is 0 Å². The van der Waals surface area contributed by atoms with Crippen molar-refractivity contribution in [2.75, 3.05) is 0 Å². The molecule has 0 atom stereocenters. The molecule has 14 aromatic rings. The molecule has 0 aliphatic rings. The van der Waals surface area contributed by atoms with Crippen LogP contribution >= 0.6 is 0 Å². The predicted octanol–water partition coefficient (Wildman–Crippen LogP) is 16.8. The summed E-state index contributed by atoms with van der Waals surface area (Å²) in [4.78, 5) is 15.8. The molecule has 322 valence electrons. The van der Waals surface area contributed by atoms with E-state index in [1.807, 2.05) is 60.7 Å². The zero-order chi connectivity index (χ0) is 45.4. The Kier molecular flexibility index (Phi) is 8.79. The van der Waals surface area contributed by atoms with Crippen LogP contribution in [0.25, 0.3) is 139 Å². The summed E-state index contributed by atoms with van der Waals surface area (Å²) in [5, 5.41) is 6.47. The molecule has 0 radical (unpaired) electrons. The van der Waals surface area contributed by atoms with Crippen molar-refractivity contribution < 1.29 is 8.83 Å². The van der Waals surface area contributed by atoms with Crippen molar-refractivity contribution in [1.82, 2.24) is 19.5 Å². The quantitative estimate of drug-likeness (QED) is 0.159. The third-order valence-electron chi connectivity index (χ3n) is 13.5. The Labute approximate surface area is 396 Å². The molecule has 69 heavy (non-hydrogen) atoms. The maximum atomic E-state index is 6.24. The number of nitrogens with zero attached hydrogens (tertiary/aromatic N) is 4. The summed E-state index contributed by atoms with van der Waals surface area (Å²) in [7, 11) is 0. The third-order valence-corrected chi connectivity index (χ3v) is 13.5. The van der Waals surface area contributed by atoms with E-state index in [0.717, 1.165) is 88.4 Å². The van der Waals surface area contributed by atoms with Crippen molar-refractivity contribution in [3.8, 4) is 73.2 Å². The molecule has 0 saturated carbocycles. The van der Waals surface area contributed by atoms with Crippen molar-refractivity contribution in [2.24, 2.45) is 0 Å². The van der Waals surface area contributed by atoms with Gasteiger partial charge in [-0.1, -0.05) is 140 Å². The summed E-state index contributed by atoms with van der Waals surface area (Å²) in [5.41, 5.74) is 16.0. The molecule has 0 N–H and O–H groups in total. The van der Waals surface area contributed by atoms with E-state index in [2.05, 4.69) is 174 Å². The summed E-state index contributed by atoms with van der Waals surface area (Å²) in [6.07, 6.45) is 0. The van der Waals surface area contributed by atoms with E-state index < -0.39 is 0 Å². The van der Waals surface area contributed by atoms with Crippen molar-refractivity contribution in [3.05, 3.63) is 231 Å². The second-order valence-corrected chi connectivity index (χ2v) is 17.6. The Morgan fingerprint density at radius 1 is 0.261 bits per heavy atom. The van der Waals surface area contributed by atoms with Gasteiger partial charge in [-0.15, -0.1) is 0 Å². The molecule has 0 fully saturated rings. The van der Waals surface area contributed by atoms with Crippen LogP contribution in [0.4, 0.5) is 0 Å². The first-order valence-electron chi connectivity index (χ1n) is 23.2. The van der Waals surface area contributed by atoms with E-state index in [1.165, 1.54) is 33.0 Å². The van der Waals surface area contributed by atoms with Gasteiger partial charge in [0.25, 0.3) is 0 Å². The van der Waals surface area contributed by atoms with Crippen LogP contribution in [0.1, 0.15) is 0 Å². The van der Waals surface area contributed by atoms with Gasteiger partial charge in [0.2, 0.25) is 0 Å². The van der Waals surface area contributed by atoms with Crippen LogP contribution < -0.4 is 0 Å². The number of benzene rings is 10. The average molecular weight is 883 g/mol. The lowest BCUT2D eigenvalue weighted by atomic mass is 9.99. The lowest BCUT2D eigenvalue weighted by Gasteiger charge is -2.16. The normalized spacial score (nSPS) is 11.8. The SMILES string of the molecule is c1ccc(-c2ccc3c(c2)c2cc(-c4ccccc4)ccc2n3-c2ccc(-c3nc(-c4ccc5oc6ccccc6c5c4)nc(-c4ccc5oc6ccccc6c5c4)n3)cc2-c2ccccc2)cc1. The molecule has 0 amide bonds. The standard InChI is InChI=1S/C63H38N4O2/c1-4-14-39(15-5-1)42-24-29-55-50(34-42)51-35-43(40-16-6-2-7-17-40)25-30-56(51)67(55)54-31-26-44(36-49(54)41-18-8-3-9-19-41)61-64-62(45-27-32-59-52(37-45)47-20-10-12-22-57(47)68-59)66-63(65-61)46-28-33-60-53(38-46)48-21-11-13-23-58(48)69-60/h1-38H. The smallest absolute Gasteiger partial charge is 0.164 e. The first-order chi connectivity index (χ1) is 34.2. The molecule has 0 bridgehead atoms. The van der Waals surface area contributed by atoms with Gasteiger partial charge in [-0.2, -0.15) is 0 Å². The molecule has 14 rings (SSSR count). The van der Waals surface area contributed by atoms with Crippen molar-refractivity contribution in [1.29, 1.82) is 0 Å². The first kappa shape index (κ1) is 38.8. The minimum Gasteiger partial charge on any atom is -0.456 e. The molecule has 6 nitrogen and oxygen atoms in total. The molecular weight excluding hydrogens is 845 g/mol. The van der Waals surface area contributed by atoms with Gasteiger partial charge in [0.15, 0.2) is 17.5 Å². The predicted molar refractivity (Wildman–Crippen MR) is 281 cm³/mol. The van der Waals surface area contributed by atoms with Crippen LogP contribution in [0.15, 0.2) is 239 Å². The monoisotopic (exact) mass is 882 g/mol. The number of furan rings is 2. The fourth-order valence-electron chi connectivity index (χ4n) is 10.1. The lowest BCUT2D eigenvalue weighted by molar-refractivity contribution is 0.668. The Bertz CT molecular complexity index is 4070. The number of fused-ring (bicyclic) bond motifs is 9. The van der Waals surface area contributed by atoms with Gasteiger partial charge >= 0.3 is 0 Å². The molecule has 0 spiro atoms. The van der Waals surface area contributed by atoms with Crippen molar-refractivity contribution in [3.63, 3.8) is 0 Å². The zero-order valence-corrected chi connectivity index (χ0v) is 37.0. The highest BCUT2D eigenvalue weighted by atomic mass is 16.3. The molecule has 10 aromatic carbocycles. The van der Waals surface area contributed by atoms with E-state index in [9.17, 15) is 0 Å². The maximum absolute atomic E-state index is 6.24. The van der Waals surface area contributed by atoms with Gasteiger partial charge in [0.05, 0.1) is 16.7 Å². The summed E-state index contributed by atoms with van der Waals surface area (Å²) >= 11 is 0. The number of aromatic nitrogens is 4. The summed E-state index contributed by atoms with van der Waals surface area (Å²) in [6.45, 7) is 0. The maximum Gasteiger partial charge on any atom is 0.164 e. The molecule has 6 heteroatoms. The minimum absolute atomic E-state index is 0.565. The van der Waals surface area contributed by atoms with Crippen LogP contribution in [0.2, 0.25) is 0 Å². The third kappa shape index (κ3) is 6.53. The molecule has 4 heterocycles. The van der Waals surface area contributed by atoms with Gasteiger partial charge < -0.3 is 13.4 Å². The number of hydrogen-bond acceptors (Lipinski definition) is 5. The Balaban J connectivity index is 0.990. The van der Waals surface area contributed by atoms with E-state index >= 15 is 0 Å². The highest BCUT2D eigenvalue weighted by Crippen LogP contribution is 2.42. The van der Waals surface area contributed by atoms with Crippen molar-refractivity contribution >= 4 is 65.7 Å². The number of hydrogen-bond donors (Lipinski definition) is 0. The zero-order valence-electron chi connectivity index (χ0n) is 37.0. The van der Waals surface area contributed by atoms with E-state index in [0.29, 0.717) is 17.5 Å². The first-order valence-corrected chi connectivity index (χ1v) is 23.2. The summed E-state index contributed by atoms with van der Waals surface area (Å²) in [5.74, 6) is 1.70. The van der Waals surface area contributed by atoms with Gasteiger partial charge in [0, 0.05) is 54.6 Å². The minimum atomic E-state index is 0.565. The molecule has 4 aromatic heterocycles. The molecule has 0 aliphatic carbocycles. The second kappa shape index (κ2) is 15.6. The topological polar surface area (TPSA) is 69.9 Å². The Morgan fingerprint density at radius 3 is 1.13 bits per heavy atom. The molecule has 0 aliphatic heterocycles. The Hall–Kier alpha value is -9.39. The fraction of sp³-hybridized carbons (Fsp3) is 0. The van der Waals surface area contributed by atoms with Crippen LogP contribution in [0.5, 0.6) is 0 Å². The fourth-order valence-corrected chi connectivity index (χ4v) is 10.1. The largest absolute Gasteiger partial charge is 0.456 e. The molecule has 0 saturated heterocycles. The highest BCUT2D eigenvalue weighted by Gasteiger charge is 2.21. The summed E-state index contributed by atoms with van der Waals surface area (Å²) < 4.78 is 14.9. The van der Waals surface area contributed by atoms with Gasteiger partial charge in [0.1, 0.15) is 22.3 Å².